The highest BCUT2D eigenvalue weighted by molar-refractivity contribution is 5.84. The number of hydrogen-bond donors (Lipinski definition) is 2. The van der Waals surface area contributed by atoms with E-state index in [1.807, 2.05) is 25.1 Å². The van der Waals surface area contributed by atoms with Gasteiger partial charge in [-0.2, -0.15) is 0 Å². The molecule has 2 N–H and O–H groups in total. The van der Waals surface area contributed by atoms with Crippen LogP contribution in [0.25, 0.3) is 0 Å². The summed E-state index contributed by atoms with van der Waals surface area (Å²) >= 11 is 0. The molecule has 7 nitrogen and oxygen atoms in total. The zero-order chi connectivity index (χ0) is 17.8. The van der Waals surface area contributed by atoms with E-state index in [1.54, 1.807) is 18.2 Å². The van der Waals surface area contributed by atoms with E-state index in [1.165, 1.54) is 12.5 Å². The fourth-order valence-electron chi connectivity index (χ4n) is 2.39. The number of nitrogens with zero attached hydrogens (tertiary/aromatic N) is 2. The average Bonchev–Trinajstić information content (AvgIpc) is 3.12. The molecule has 0 bridgehead atoms. The fourth-order valence-corrected chi connectivity index (χ4v) is 2.39. The lowest BCUT2D eigenvalue weighted by atomic mass is 10.1. The molecule has 128 valence electrons. The Balaban J connectivity index is 1.99. The van der Waals surface area contributed by atoms with E-state index in [9.17, 15) is 14.7 Å². The topological polar surface area (TPSA) is 101 Å². The van der Waals surface area contributed by atoms with Crippen molar-refractivity contribution in [2.24, 2.45) is 4.99 Å². The Hall–Kier alpha value is -3.35. The van der Waals surface area contributed by atoms with E-state index < -0.39 is 17.1 Å². The molecule has 0 saturated carbocycles. The molecule has 2 aromatic heterocycles. The molecule has 0 spiro atoms. The lowest BCUT2D eigenvalue weighted by molar-refractivity contribution is 0.392. The third kappa shape index (κ3) is 3.60. The normalized spacial score (nSPS) is 11.2. The van der Waals surface area contributed by atoms with Crippen LogP contribution in [-0.2, 0) is 13.0 Å². The molecule has 0 aliphatic rings. The van der Waals surface area contributed by atoms with Crippen molar-refractivity contribution in [1.29, 1.82) is 0 Å². The lowest BCUT2D eigenvalue weighted by Crippen LogP contribution is -2.32. The van der Waals surface area contributed by atoms with Gasteiger partial charge in [0.2, 0.25) is 5.88 Å². The van der Waals surface area contributed by atoms with Crippen molar-refractivity contribution in [2.75, 3.05) is 0 Å². The number of aromatic amines is 1. The Morgan fingerprint density at radius 3 is 2.84 bits per heavy atom. The van der Waals surface area contributed by atoms with E-state index in [2.05, 4.69) is 9.98 Å². The van der Waals surface area contributed by atoms with E-state index in [0.29, 0.717) is 11.4 Å². The molecular formula is C18H17N3O4. The maximum Gasteiger partial charge on any atom is 0.331 e. The number of aromatic hydroxyl groups is 1. The van der Waals surface area contributed by atoms with Gasteiger partial charge in [-0.3, -0.25) is 19.3 Å². The van der Waals surface area contributed by atoms with Crippen LogP contribution in [0.1, 0.15) is 23.8 Å². The molecule has 0 saturated heterocycles. The minimum absolute atomic E-state index is 0.000602. The van der Waals surface area contributed by atoms with Crippen LogP contribution in [0.3, 0.4) is 0 Å². The maximum atomic E-state index is 12.0. The van der Waals surface area contributed by atoms with Crippen molar-refractivity contribution in [3.05, 3.63) is 80.4 Å². The lowest BCUT2D eigenvalue weighted by Gasteiger charge is -2.07. The Morgan fingerprint density at radius 1 is 1.28 bits per heavy atom. The van der Waals surface area contributed by atoms with Gasteiger partial charge in [0.15, 0.2) is 0 Å². The first-order chi connectivity index (χ1) is 12.1. The van der Waals surface area contributed by atoms with Crippen LogP contribution in [0.15, 0.2) is 61.7 Å². The second-order valence-electron chi connectivity index (χ2n) is 5.44. The van der Waals surface area contributed by atoms with Gasteiger partial charge >= 0.3 is 5.69 Å². The fraction of sp³-hybridized carbons (Fsp3) is 0.167. The highest BCUT2D eigenvalue weighted by Crippen LogP contribution is 2.16. The predicted octanol–water partition coefficient (Wildman–Crippen LogP) is 2.20. The number of benzene rings is 1. The number of aromatic nitrogens is 2. The van der Waals surface area contributed by atoms with Gasteiger partial charge in [0, 0.05) is 6.21 Å². The minimum atomic E-state index is -0.718. The van der Waals surface area contributed by atoms with Crippen molar-refractivity contribution < 1.29 is 9.52 Å². The molecule has 1 aromatic carbocycles. The van der Waals surface area contributed by atoms with Crippen LogP contribution in [0, 0.1) is 0 Å². The second kappa shape index (κ2) is 7.04. The molecule has 3 rings (SSSR count). The summed E-state index contributed by atoms with van der Waals surface area (Å²) in [5.74, 6) is 0.0172. The van der Waals surface area contributed by atoms with Crippen LogP contribution in [-0.4, -0.2) is 20.9 Å². The molecule has 0 aliphatic carbocycles. The number of rotatable bonds is 5. The maximum absolute atomic E-state index is 12.0. The van der Waals surface area contributed by atoms with Crippen molar-refractivity contribution in [2.45, 2.75) is 19.9 Å². The molecular weight excluding hydrogens is 322 g/mol. The number of aliphatic imine (C=N–C) groups is 1. The zero-order valence-electron chi connectivity index (χ0n) is 13.6. The molecule has 0 fully saturated rings. The van der Waals surface area contributed by atoms with Crippen LogP contribution >= 0.6 is 0 Å². The first kappa shape index (κ1) is 16.5. The van der Waals surface area contributed by atoms with Gasteiger partial charge < -0.3 is 9.52 Å². The quantitative estimate of drug-likeness (QED) is 0.696. The number of furan rings is 1. The van der Waals surface area contributed by atoms with Gasteiger partial charge in [-0.1, -0.05) is 19.1 Å². The third-order valence-corrected chi connectivity index (χ3v) is 3.76. The molecule has 25 heavy (non-hydrogen) atoms. The van der Waals surface area contributed by atoms with Crippen molar-refractivity contribution >= 4 is 11.9 Å². The van der Waals surface area contributed by atoms with Gasteiger partial charge in [0.05, 0.1) is 18.5 Å². The summed E-state index contributed by atoms with van der Waals surface area (Å²) in [6, 6.07) is 10.9. The van der Waals surface area contributed by atoms with Crippen LogP contribution in [0.5, 0.6) is 5.88 Å². The summed E-state index contributed by atoms with van der Waals surface area (Å²) in [5.41, 5.74) is 0.253. The molecule has 7 heteroatoms. The van der Waals surface area contributed by atoms with Crippen LogP contribution < -0.4 is 11.2 Å². The Labute approximate surface area is 142 Å². The van der Waals surface area contributed by atoms with Crippen LogP contribution in [0.2, 0.25) is 0 Å². The second-order valence-corrected chi connectivity index (χ2v) is 5.44. The molecule has 3 aromatic rings. The van der Waals surface area contributed by atoms with Gasteiger partial charge in [-0.05, 0) is 36.2 Å². The molecule has 0 aliphatic heterocycles. The number of hydrogen-bond acceptors (Lipinski definition) is 5. The summed E-state index contributed by atoms with van der Waals surface area (Å²) in [4.78, 5) is 30.4. The van der Waals surface area contributed by atoms with E-state index in [0.717, 1.165) is 16.6 Å². The highest BCUT2D eigenvalue weighted by atomic mass is 16.3. The van der Waals surface area contributed by atoms with Crippen LogP contribution in [0.4, 0.5) is 5.69 Å². The molecule has 0 unspecified atom stereocenters. The monoisotopic (exact) mass is 339 g/mol. The molecule has 0 amide bonds. The van der Waals surface area contributed by atoms with E-state index in [4.69, 9.17) is 4.42 Å². The largest absolute Gasteiger partial charge is 0.494 e. The summed E-state index contributed by atoms with van der Waals surface area (Å²) < 4.78 is 6.19. The predicted molar refractivity (Wildman–Crippen MR) is 93.9 cm³/mol. The number of H-pyrrole nitrogens is 1. The van der Waals surface area contributed by atoms with Crippen molar-refractivity contribution in [3.8, 4) is 5.88 Å². The Bertz CT molecular complexity index is 1010. The summed E-state index contributed by atoms with van der Waals surface area (Å²) in [7, 11) is 0. The summed E-state index contributed by atoms with van der Waals surface area (Å²) in [6.07, 6.45) is 3.58. The Morgan fingerprint density at radius 2 is 2.12 bits per heavy atom. The first-order valence-electron chi connectivity index (χ1n) is 7.80. The van der Waals surface area contributed by atoms with Crippen molar-refractivity contribution in [3.63, 3.8) is 0 Å². The third-order valence-electron chi connectivity index (χ3n) is 3.76. The van der Waals surface area contributed by atoms with Gasteiger partial charge in [-0.15, -0.1) is 0 Å². The summed E-state index contributed by atoms with van der Waals surface area (Å²) in [6.45, 7) is 2.03. The van der Waals surface area contributed by atoms with Crippen molar-refractivity contribution in [1.82, 2.24) is 9.55 Å². The minimum Gasteiger partial charge on any atom is -0.494 e. The summed E-state index contributed by atoms with van der Waals surface area (Å²) in [5, 5.41) is 10.3. The SMILES string of the molecule is CCc1cccc(N=Cc2c(O)n(Cc3ccco3)c(=O)[nH]c2=O)c1. The van der Waals surface area contributed by atoms with Gasteiger partial charge in [0.1, 0.15) is 11.3 Å². The van der Waals surface area contributed by atoms with E-state index >= 15 is 0 Å². The molecule has 2 heterocycles. The smallest absolute Gasteiger partial charge is 0.331 e. The van der Waals surface area contributed by atoms with Gasteiger partial charge in [-0.25, -0.2) is 4.79 Å². The van der Waals surface area contributed by atoms with Gasteiger partial charge in [0.25, 0.3) is 5.56 Å². The number of aryl methyl sites for hydroxylation is 1. The number of nitrogens with one attached hydrogen (secondary N) is 1. The standard InChI is InChI=1S/C18H17N3O4/c1-2-12-5-3-6-13(9-12)19-10-15-16(22)20-18(24)21(17(15)23)11-14-7-4-8-25-14/h3-10,23H,2,11H2,1H3,(H,20,22,24). The van der Waals surface area contributed by atoms with E-state index in [-0.39, 0.29) is 12.1 Å². The highest BCUT2D eigenvalue weighted by Gasteiger charge is 2.13. The molecule has 0 radical (unpaired) electrons. The molecule has 0 atom stereocenters. The first-order valence-corrected chi connectivity index (χ1v) is 7.80. The Kier molecular flexibility index (Phi) is 4.65. The average molecular weight is 339 g/mol. The zero-order valence-corrected chi connectivity index (χ0v) is 13.6.